The van der Waals surface area contributed by atoms with Crippen LogP contribution in [-0.4, -0.2) is 35.4 Å². The van der Waals surface area contributed by atoms with Crippen LogP contribution in [0.4, 0.5) is 24.7 Å². The molecule has 0 aliphatic carbocycles. The number of nitriles is 1. The number of hydrazine groups is 1. The minimum Gasteiger partial charge on any atom is -0.369 e. The van der Waals surface area contributed by atoms with Crippen molar-refractivity contribution >= 4 is 29.0 Å². The Bertz CT molecular complexity index is 954. The average Bonchev–Trinajstić information content (AvgIpc) is 2.72. The lowest BCUT2D eigenvalue weighted by Gasteiger charge is -2.34. The summed E-state index contributed by atoms with van der Waals surface area (Å²) in [6, 6.07) is 9.74. The molecule has 1 aromatic carbocycles. The Morgan fingerprint density at radius 2 is 2.00 bits per heavy atom. The van der Waals surface area contributed by atoms with E-state index in [1.807, 2.05) is 28.5 Å². The van der Waals surface area contributed by atoms with E-state index in [2.05, 4.69) is 21.7 Å². The summed E-state index contributed by atoms with van der Waals surface area (Å²) in [4.78, 5) is 13.3. The van der Waals surface area contributed by atoms with Gasteiger partial charge in [0, 0.05) is 13.1 Å². The molecule has 1 aromatic heterocycles. The molecule has 1 aliphatic rings. The van der Waals surface area contributed by atoms with Gasteiger partial charge in [0.25, 0.3) is 0 Å². The van der Waals surface area contributed by atoms with Crippen molar-refractivity contribution in [3.63, 3.8) is 0 Å². The van der Waals surface area contributed by atoms with Gasteiger partial charge in [0.1, 0.15) is 11.4 Å². The van der Waals surface area contributed by atoms with Crippen LogP contribution in [0.25, 0.3) is 0 Å². The van der Waals surface area contributed by atoms with Crippen LogP contribution >= 0.6 is 11.6 Å². The molecule has 3 rings (SSSR count). The van der Waals surface area contributed by atoms with Crippen molar-refractivity contribution in [1.82, 2.24) is 15.6 Å². The summed E-state index contributed by atoms with van der Waals surface area (Å²) >= 11 is 6.34. The van der Waals surface area contributed by atoms with Crippen LogP contribution in [0, 0.1) is 11.3 Å². The second kappa shape index (κ2) is 9.17. The lowest BCUT2D eigenvalue weighted by molar-refractivity contribution is -0.153. The molecule has 30 heavy (non-hydrogen) atoms. The maximum absolute atomic E-state index is 12.3. The SMILES string of the molecule is N#Cc1ccccc1C1CCN(c2cnnc(NNC(=O)CC(F)(F)F)c2Cl)CC1. The summed E-state index contributed by atoms with van der Waals surface area (Å²) in [5.41, 5.74) is 6.47. The zero-order valence-electron chi connectivity index (χ0n) is 15.7. The van der Waals surface area contributed by atoms with Crippen molar-refractivity contribution in [1.29, 1.82) is 5.26 Å². The van der Waals surface area contributed by atoms with Gasteiger partial charge in [0.05, 0.1) is 23.5 Å². The van der Waals surface area contributed by atoms with E-state index >= 15 is 0 Å². The molecule has 0 saturated carbocycles. The van der Waals surface area contributed by atoms with E-state index in [9.17, 15) is 23.2 Å². The average molecular weight is 439 g/mol. The van der Waals surface area contributed by atoms with E-state index in [4.69, 9.17) is 11.6 Å². The number of nitrogens with one attached hydrogen (secondary N) is 2. The predicted octanol–water partition coefficient (Wildman–Crippen LogP) is 3.78. The first kappa shape index (κ1) is 21.6. The number of benzene rings is 1. The van der Waals surface area contributed by atoms with Crippen LogP contribution in [0.3, 0.4) is 0 Å². The number of halogens is 4. The summed E-state index contributed by atoms with van der Waals surface area (Å²) in [5.74, 6) is -1.06. The number of alkyl halides is 3. The fraction of sp³-hybridized carbons (Fsp3) is 0.368. The van der Waals surface area contributed by atoms with Crippen molar-refractivity contribution < 1.29 is 18.0 Å². The molecule has 1 saturated heterocycles. The molecule has 0 bridgehead atoms. The number of amides is 1. The highest BCUT2D eigenvalue weighted by molar-refractivity contribution is 6.35. The molecule has 0 radical (unpaired) electrons. The normalized spacial score (nSPS) is 14.8. The minimum absolute atomic E-state index is 0.0401. The molecular formula is C19H18ClF3N6O. The van der Waals surface area contributed by atoms with E-state index < -0.39 is 18.5 Å². The summed E-state index contributed by atoms with van der Waals surface area (Å²) < 4.78 is 36.8. The number of piperidine rings is 1. The van der Waals surface area contributed by atoms with E-state index in [1.54, 1.807) is 6.07 Å². The Kier molecular flexibility index (Phi) is 6.62. The van der Waals surface area contributed by atoms with Gasteiger partial charge in [-0.15, -0.1) is 5.10 Å². The Morgan fingerprint density at radius 3 is 2.67 bits per heavy atom. The highest BCUT2D eigenvalue weighted by atomic mass is 35.5. The Balaban J connectivity index is 1.64. The zero-order chi connectivity index (χ0) is 21.7. The minimum atomic E-state index is -4.61. The molecular weight excluding hydrogens is 421 g/mol. The summed E-state index contributed by atoms with van der Waals surface area (Å²) in [6.45, 7) is 1.30. The summed E-state index contributed by atoms with van der Waals surface area (Å²) in [7, 11) is 0. The highest BCUT2D eigenvalue weighted by Crippen LogP contribution is 2.36. The fourth-order valence-corrected chi connectivity index (χ4v) is 3.66. The van der Waals surface area contributed by atoms with E-state index in [1.165, 1.54) is 6.20 Å². The monoisotopic (exact) mass is 438 g/mol. The maximum Gasteiger partial charge on any atom is 0.397 e. The Hall–Kier alpha value is -3.06. The molecule has 7 nitrogen and oxygen atoms in total. The molecule has 158 valence electrons. The van der Waals surface area contributed by atoms with Crippen LogP contribution in [0.2, 0.25) is 5.02 Å². The van der Waals surface area contributed by atoms with Gasteiger partial charge in [-0.3, -0.25) is 15.6 Å². The third-order valence-corrected chi connectivity index (χ3v) is 5.18. The summed E-state index contributed by atoms with van der Waals surface area (Å²) in [6.07, 6.45) is -3.18. The number of nitrogens with zero attached hydrogens (tertiary/aromatic N) is 4. The van der Waals surface area contributed by atoms with Crippen molar-refractivity contribution in [2.75, 3.05) is 23.4 Å². The maximum atomic E-state index is 12.3. The van der Waals surface area contributed by atoms with Crippen molar-refractivity contribution in [2.45, 2.75) is 31.4 Å². The van der Waals surface area contributed by atoms with Gasteiger partial charge >= 0.3 is 6.18 Å². The largest absolute Gasteiger partial charge is 0.397 e. The van der Waals surface area contributed by atoms with Crippen molar-refractivity contribution in [3.8, 4) is 6.07 Å². The molecule has 2 heterocycles. The van der Waals surface area contributed by atoms with E-state index in [0.29, 0.717) is 24.3 Å². The molecule has 11 heteroatoms. The van der Waals surface area contributed by atoms with Crippen LogP contribution in [0.15, 0.2) is 30.5 Å². The Labute approximate surface area is 175 Å². The van der Waals surface area contributed by atoms with Gasteiger partial charge in [0.15, 0.2) is 5.82 Å². The fourth-order valence-electron chi connectivity index (χ4n) is 3.40. The first-order chi connectivity index (χ1) is 14.3. The third-order valence-electron chi connectivity index (χ3n) is 4.81. The smallest absolute Gasteiger partial charge is 0.369 e. The molecule has 1 fully saturated rings. The number of carbonyl (C=O) groups excluding carboxylic acids is 1. The van der Waals surface area contributed by atoms with Crippen molar-refractivity contribution in [2.24, 2.45) is 0 Å². The number of rotatable bonds is 5. The first-order valence-electron chi connectivity index (χ1n) is 9.15. The quantitative estimate of drug-likeness (QED) is 0.690. The van der Waals surface area contributed by atoms with Gasteiger partial charge in [-0.05, 0) is 30.4 Å². The van der Waals surface area contributed by atoms with Crippen molar-refractivity contribution in [3.05, 3.63) is 46.6 Å². The molecule has 2 aromatic rings. The molecule has 1 aliphatic heterocycles. The number of carbonyl (C=O) groups is 1. The van der Waals surface area contributed by atoms with Gasteiger partial charge in [-0.1, -0.05) is 29.8 Å². The van der Waals surface area contributed by atoms with Gasteiger partial charge in [-0.2, -0.15) is 23.5 Å². The topological polar surface area (TPSA) is 93.9 Å². The predicted molar refractivity (Wildman–Crippen MR) is 105 cm³/mol. The molecule has 0 atom stereocenters. The summed E-state index contributed by atoms with van der Waals surface area (Å²) in [5, 5.41) is 17.0. The van der Waals surface area contributed by atoms with Crippen LogP contribution < -0.4 is 15.8 Å². The van der Waals surface area contributed by atoms with Crippen LogP contribution in [0.5, 0.6) is 0 Å². The molecule has 2 N–H and O–H groups in total. The standard InChI is InChI=1S/C19H18ClF3N6O/c20-17-15(11-25-27-18(17)28-26-16(30)9-19(21,22)23)29-7-5-12(6-8-29)14-4-2-1-3-13(14)10-24/h1-4,11-12H,5-9H2,(H,26,30)(H,27,28). The van der Waals surface area contributed by atoms with Gasteiger partial charge < -0.3 is 4.90 Å². The van der Waals surface area contributed by atoms with Gasteiger partial charge in [-0.25, -0.2) is 0 Å². The van der Waals surface area contributed by atoms with Crippen LogP contribution in [-0.2, 0) is 4.79 Å². The molecule has 0 spiro atoms. The lowest BCUT2D eigenvalue weighted by atomic mass is 9.86. The first-order valence-corrected chi connectivity index (χ1v) is 9.53. The third kappa shape index (κ3) is 5.30. The zero-order valence-corrected chi connectivity index (χ0v) is 16.5. The van der Waals surface area contributed by atoms with E-state index in [-0.39, 0.29) is 16.8 Å². The van der Waals surface area contributed by atoms with Crippen LogP contribution in [0.1, 0.15) is 36.3 Å². The second-order valence-electron chi connectivity index (χ2n) is 6.82. The second-order valence-corrected chi connectivity index (χ2v) is 7.20. The Morgan fingerprint density at radius 1 is 1.30 bits per heavy atom. The molecule has 1 amide bonds. The van der Waals surface area contributed by atoms with Gasteiger partial charge in [0.2, 0.25) is 5.91 Å². The highest BCUT2D eigenvalue weighted by Gasteiger charge is 2.31. The number of hydrogen-bond acceptors (Lipinski definition) is 6. The van der Waals surface area contributed by atoms with E-state index in [0.717, 1.165) is 18.4 Å². The number of aromatic nitrogens is 2. The number of hydrogen-bond donors (Lipinski definition) is 2. The number of anilines is 2. The lowest BCUT2D eigenvalue weighted by Crippen LogP contribution is -2.35. The molecule has 0 unspecified atom stereocenters.